The van der Waals surface area contributed by atoms with E-state index in [4.69, 9.17) is 4.74 Å². The van der Waals surface area contributed by atoms with Crippen molar-refractivity contribution >= 4 is 0 Å². The maximum absolute atomic E-state index is 5.68. The summed E-state index contributed by atoms with van der Waals surface area (Å²) in [6.07, 6.45) is 5.48. The first kappa shape index (κ1) is 10.4. The second kappa shape index (κ2) is 4.19. The molecule has 1 aliphatic heterocycles. The highest BCUT2D eigenvalue weighted by atomic mass is 16.5. The highest BCUT2D eigenvalue weighted by Gasteiger charge is 2.43. The molecule has 0 radical (unpaired) electrons. The SMILES string of the molecule is CC(C)C1CCCCC12COCCN2. The van der Waals surface area contributed by atoms with Gasteiger partial charge in [-0.2, -0.15) is 0 Å². The van der Waals surface area contributed by atoms with E-state index in [-0.39, 0.29) is 0 Å². The Balaban J connectivity index is 2.10. The molecule has 1 saturated carbocycles. The summed E-state index contributed by atoms with van der Waals surface area (Å²) in [6.45, 7) is 7.59. The molecule has 82 valence electrons. The summed E-state index contributed by atoms with van der Waals surface area (Å²) in [5, 5.41) is 3.74. The normalized spacial score (nSPS) is 39.2. The van der Waals surface area contributed by atoms with E-state index >= 15 is 0 Å². The molecule has 1 spiro atoms. The van der Waals surface area contributed by atoms with Crippen LogP contribution in [-0.4, -0.2) is 25.3 Å². The number of nitrogens with one attached hydrogen (secondary N) is 1. The Morgan fingerprint density at radius 1 is 1.36 bits per heavy atom. The molecule has 2 fully saturated rings. The van der Waals surface area contributed by atoms with Crippen molar-refractivity contribution in [3.05, 3.63) is 0 Å². The lowest BCUT2D eigenvalue weighted by Crippen LogP contribution is -2.61. The van der Waals surface area contributed by atoms with Crippen LogP contribution >= 0.6 is 0 Å². The minimum Gasteiger partial charge on any atom is -0.378 e. The van der Waals surface area contributed by atoms with Gasteiger partial charge < -0.3 is 10.1 Å². The van der Waals surface area contributed by atoms with Crippen molar-refractivity contribution in [1.29, 1.82) is 0 Å². The van der Waals surface area contributed by atoms with Crippen LogP contribution in [0.4, 0.5) is 0 Å². The van der Waals surface area contributed by atoms with Gasteiger partial charge >= 0.3 is 0 Å². The summed E-state index contributed by atoms with van der Waals surface area (Å²) in [5.41, 5.74) is 0.324. The molecule has 14 heavy (non-hydrogen) atoms. The van der Waals surface area contributed by atoms with E-state index in [1.54, 1.807) is 0 Å². The van der Waals surface area contributed by atoms with E-state index in [0.717, 1.165) is 31.6 Å². The Kier molecular flexibility index (Phi) is 3.13. The molecule has 0 bridgehead atoms. The Morgan fingerprint density at radius 3 is 2.86 bits per heavy atom. The molecule has 0 aromatic rings. The van der Waals surface area contributed by atoms with E-state index in [0.29, 0.717) is 5.54 Å². The first-order chi connectivity index (χ1) is 6.75. The predicted molar refractivity (Wildman–Crippen MR) is 58.3 cm³/mol. The molecular formula is C12H23NO. The van der Waals surface area contributed by atoms with Gasteiger partial charge in [0, 0.05) is 12.1 Å². The van der Waals surface area contributed by atoms with E-state index in [9.17, 15) is 0 Å². The molecule has 1 aliphatic carbocycles. The number of hydrogen-bond acceptors (Lipinski definition) is 2. The number of hydrogen-bond donors (Lipinski definition) is 1. The second-order valence-corrected chi connectivity index (χ2v) is 5.23. The van der Waals surface area contributed by atoms with E-state index in [1.807, 2.05) is 0 Å². The van der Waals surface area contributed by atoms with Crippen LogP contribution in [0.2, 0.25) is 0 Å². The fourth-order valence-electron chi connectivity index (χ4n) is 3.31. The van der Waals surface area contributed by atoms with Crippen molar-refractivity contribution in [2.45, 2.75) is 45.1 Å². The van der Waals surface area contributed by atoms with Gasteiger partial charge in [-0.3, -0.25) is 0 Å². The van der Waals surface area contributed by atoms with Gasteiger partial charge in [-0.05, 0) is 24.7 Å². The maximum atomic E-state index is 5.68. The fraction of sp³-hybridized carbons (Fsp3) is 1.00. The minimum atomic E-state index is 0.324. The molecule has 2 aliphatic rings. The van der Waals surface area contributed by atoms with Crippen LogP contribution in [-0.2, 0) is 4.74 Å². The van der Waals surface area contributed by atoms with Crippen LogP contribution < -0.4 is 5.32 Å². The van der Waals surface area contributed by atoms with Crippen molar-refractivity contribution in [2.24, 2.45) is 11.8 Å². The molecule has 2 rings (SSSR count). The third-order valence-corrected chi connectivity index (χ3v) is 3.99. The third kappa shape index (κ3) is 1.82. The molecule has 2 heteroatoms. The highest BCUT2D eigenvalue weighted by Crippen LogP contribution is 2.39. The Hall–Kier alpha value is -0.0800. The van der Waals surface area contributed by atoms with Crippen molar-refractivity contribution in [2.75, 3.05) is 19.8 Å². The maximum Gasteiger partial charge on any atom is 0.0651 e. The number of ether oxygens (including phenoxy) is 1. The molecule has 0 aromatic heterocycles. The average Bonchev–Trinajstić information content (AvgIpc) is 2.19. The van der Waals surface area contributed by atoms with Gasteiger partial charge in [0.2, 0.25) is 0 Å². The van der Waals surface area contributed by atoms with Gasteiger partial charge in [0.1, 0.15) is 0 Å². The smallest absolute Gasteiger partial charge is 0.0651 e. The summed E-state index contributed by atoms with van der Waals surface area (Å²) in [6, 6.07) is 0. The topological polar surface area (TPSA) is 21.3 Å². The average molecular weight is 197 g/mol. The standard InChI is InChI=1S/C12H23NO/c1-10(2)11-5-3-4-6-12(11)9-14-8-7-13-12/h10-11,13H,3-9H2,1-2H3. The molecule has 2 unspecified atom stereocenters. The molecule has 1 N–H and O–H groups in total. The lowest BCUT2D eigenvalue weighted by atomic mass is 9.68. The molecule has 2 atom stereocenters. The van der Waals surface area contributed by atoms with Gasteiger partial charge in [-0.1, -0.05) is 26.7 Å². The van der Waals surface area contributed by atoms with E-state index in [1.165, 1.54) is 25.7 Å². The third-order valence-electron chi connectivity index (χ3n) is 3.99. The van der Waals surface area contributed by atoms with Gasteiger partial charge in [0.25, 0.3) is 0 Å². The van der Waals surface area contributed by atoms with Crippen molar-refractivity contribution in [1.82, 2.24) is 5.32 Å². The van der Waals surface area contributed by atoms with Gasteiger partial charge in [0.15, 0.2) is 0 Å². The Labute approximate surface area is 87.4 Å². The van der Waals surface area contributed by atoms with Crippen LogP contribution in [0, 0.1) is 11.8 Å². The number of morpholine rings is 1. The zero-order valence-electron chi connectivity index (χ0n) is 9.51. The van der Waals surface area contributed by atoms with Crippen molar-refractivity contribution in [3.8, 4) is 0 Å². The second-order valence-electron chi connectivity index (χ2n) is 5.23. The minimum absolute atomic E-state index is 0.324. The van der Waals surface area contributed by atoms with Crippen LogP contribution in [0.5, 0.6) is 0 Å². The molecule has 0 aromatic carbocycles. The zero-order valence-corrected chi connectivity index (χ0v) is 9.51. The summed E-state index contributed by atoms with van der Waals surface area (Å²) < 4.78 is 5.68. The van der Waals surface area contributed by atoms with Crippen LogP contribution in [0.15, 0.2) is 0 Å². The first-order valence-corrected chi connectivity index (χ1v) is 6.07. The number of rotatable bonds is 1. The largest absolute Gasteiger partial charge is 0.378 e. The fourth-order valence-corrected chi connectivity index (χ4v) is 3.31. The van der Waals surface area contributed by atoms with Crippen LogP contribution in [0.1, 0.15) is 39.5 Å². The van der Waals surface area contributed by atoms with Gasteiger partial charge in [0.05, 0.1) is 13.2 Å². The van der Waals surface area contributed by atoms with Crippen molar-refractivity contribution in [3.63, 3.8) is 0 Å². The quantitative estimate of drug-likeness (QED) is 0.696. The Bertz CT molecular complexity index is 176. The highest BCUT2D eigenvalue weighted by molar-refractivity contribution is 4.99. The lowest BCUT2D eigenvalue weighted by molar-refractivity contribution is -0.0333. The van der Waals surface area contributed by atoms with Crippen molar-refractivity contribution < 1.29 is 4.74 Å². The molecular weight excluding hydrogens is 174 g/mol. The van der Waals surface area contributed by atoms with E-state index in [2.05, 4.69) is 19.2 Å². The summed E-state index contributed by atoms with van der Waals surface area (Å²) in [4.78, 5) is 0. The predicted octanol–water partition coefficient (Wildman–Crippen LogP) is 2.19. The summed E-state index contributed by atoms with van der Waals surface area (Å²) >= 11 is 0. The van der Waals surface area contributed by atoms with Gasteiger partial charge in [-0.25, -0.2) is 0 Å². The summed E-state index contributed by atoms with van der Waals surface area (Å²) in [5.74, 6) is 1.60. The lowest BCUT2D eigenvalue weighted by Gasteiger charge is -2.49. The zero-order chi connectivity index (χ0) is 10.0. The monoisotopic (exact) mass is 197 g/mol. The Morgan fingerprint density at radius 2 is 2.21 bits per heavy atom. The molecule has 1 saturated heterocycles. The first-order valence-electron chi connectivity index (χ1n) is 6.07. The molecule has 0 amide bonds. The molecule has 1 heterocycles. The van der Waals surface area contributed by atoms with E-state index < -0.39 is 0 Å². The van der Waals surface area contributed by atoms with Gasteiger partial charge in [-0.15, -0.1) is 0 Å². The summed E-state index contributed by atoms with van der Waals surface area (Å²) in [7, 11) is 0. The van der Waals surface area contributed by atoms with Crippen LogP contribution in [0.25, 0.3) is 0 Å². The molecule has 2 nitrogen and oxygen atoms in total. The van der Waals surface area contributed by atoms with Crippen LogP contribution in [0.3, 0.4) is 0 Å².